The molecule has 15 heavy (non-hydrogen) atoms. The van der Waals surface area contributed by atoms with E-state index in [1.54, 1.807) is 12.3 Å². The van der Waals surface area contributed by atoms with Gasteiger partial charge in [0.15, 0.2) is 0 Å². The molecule has 0 unspecified atom stereocenters. The van der Waals surface area contributed by atoms with E-state index in [9.17, 15) is 13.2 Å². The van der Waals surface area contributed by atoms with Gasteiger partial charge >= 0.3 is 6.18 Å². The largest absolute Gasteiger partial charge is 0.416 e. The maximum Gasteiger partial charge on any atom is 0.416 e. The van der Waals surface area contributed by atoms with Crippen LogP contribution in [0.5, 0.6) is 0 Å². The van der Waals surface area contributed by atoms with E-state index in [1.807, 2.05) is 0 Å². The van der Waals surface area contributed by atoms with Gasteiger partial charge in [0.05, 0.1) is 11.1 Å². The van der Waals surface area contributed by atoms with E-state index >= 15 is 0 Å². The van der Waals surface area contributed by atoms with E-state index in [-0.39, 0.29) is 0 Å². The summed E-state index contributed by atoms with van der Waals surface area (Å²) in [4.78, 5) is 2.88. The van der Waals surface area contributed by atoms with Crippen LogP contribution in [0, 0.1) is 0 Å². The molecule has 4 heteroatoms. The summed E-state index contributed by atoms with van der Waals surface area (Å²) < 4.78 is 37.5. The van der Waals surface area contributed by atoms with Crippen LogP contribution in [-0.4, -0.2) is 4.98 Å². The molecule has 1 aromatic carbocycles. The average molecular weight is 211 g/mol. The SMILES string of the molecule is C=Cc1cc(C(F)(F)F)cc2cc[nH]c12. The van der Waals surface area contributed by atoms with Gasteiger partial charge in [-0.05, 0) is 23.8 Å². The van der Waals surface area contributed by atoms with Crippen molar-refractivity contribution in [2.45, 2.75) is 6.18 Å². The topological polar surface area (TPSA) is 15.8 Å². The third kappa shape index (κ3) is 1.63. The molecule has 0 radical (unpaired) electrons. The predicted octanol–water partition coefficient (Wildman–Crippen LogP) is 3.83. The molecule has 0 fully saturated rings. The van der Waals surface area contributed by atoms with Crippen molar-refractivity contribution >= 4 is 17.0 Å². The number of alkyl halides is 3. The number of hydrogen-bond acceptors (Lipinski definition) is 0. The van der Waals surface area contributed by atoms with Crippen LogP contribution >= 0.6 is 0 Å². The molecule has 0 aliphatic carbocycles. The first kappa shape index (κ1) is 9.83. The van der Waals surface area contributed by atoms with Gasteiger partial charge in [-0.1, -0.05) is 12.7 Å². The number of benzene rings is 1. The molecule has 2 aromatic rings. The van der Waals surface area contributed by atoms with E-state index in [2.05, 4.69) is 11.6 Å². The number of hydrogen-bond donors (Lipinski definition) is 1. The summed E-state index contributed by atoms with van der Waals surface area (Å²) >= 11 is 0. The summed E-state index contributed by atoms with van der Waals surface area (Å²) in [5.41, 5.74) is 0.493. The highest BCUT2D eigenvalue weighted by atomic mass is 19.4. The smallest absolute Gasteiger partial charge is 0.361 e. The summed E-state index contributed by atoms with van der Waals surface area (Å²) in [7, 11) is 0. The fourth-order valence-corrected chi connectivity index (χ4v) is 1.53. The number of H-pyrrole nitrogens is 1. The monoisotopic (exact) mass is 211 g/mol. The van der Waals surface area contributed by atoms with Crippen LogP contribution in [-0.2, 0) is 6.18 Å². The molecule has 78 valence electrons. The Balaban J connectivity index is 2.74. The summed E-state index contributed by atoms with van der Waals surface area (Å²) in [5, 5.41) is 0.541. The van der Waals surface area contributed by atoms with Crippen LogP contribution in [0.1, 0.15) is 11.1 Å². The van der Waals surface area contributed by atoms with E-state index in [0.29, 0.717) is 16.5 Å². The summed E-state index contributed by atoms with van der Waals surface area (Å²) in [5.74, 6) is 0. The number of halogens is 3. The summed E-state index contributed by atoms with van der Waals surface area (Å²) in [6.45, 7) is 3.50. The molecule has 0 saturated carbocycles. The van der Waals surface area contributed by atoms with E-state index in [4.69, 9.17) is 0 Å². The molecule has 0 atom stereocenters. The number of aromatic amines is 1. The van der Waals surface area contributed by atoms with Crippen LogP contribution in [0.2, 0.25) is 0 Å². The lowest BCUT2D eigenvalue weighted by Gasteiger charge is -2.08. The fraction of sp³-hybridized carbons (Fsp3) is 0.0909. The zero-order valence-corrected chi connectivity index (χ0v) is 7.73. The Labute approximate surface area is 84.2 Å². The summed E-state index contributed by atoms with van der Waals surface area (Å²) in [6, 6.07) is 3.82. The Kier molecular flexibility index (Phi) is 2.07. The van der Waals surface area contributed by atoms with Gasteiger partial charge in [-0.15, -0.1) is 0 Å². The maximum atomic E-state index is 12.5. The molecule has 1 N–H and O–H groups in total. The van der Waals surface area contributed by atoms with Crippen molar-refractivity contribution in [3.8, 4) is 0 Å². The molecule has 0 saturated heterocycles. The van der Waals surface area contributed by atoms with Gasteiger partial charge in [-0.2, -0.15) is 13.2 Å². The molecule has 0 bridgehead atoms. The van der Waals surface area contributed by atoms with Gasteiger partial charge in [0.2, 0.25) is 0 Å². The van der Waals surface area contributed by atoms with Gasteiger partial charge in [-0.3, -0.25) is 0 Å². The highest BCUT2D eigenvalue weighted by Gasteiger charge is 2.31. The first-order valence-corrected chi connectivity index (χ1v) is 4.33. The van der Waals surface area contributed by atoms with Crippen LogP contribution in [0.25, 0.3) is 17.0 Å². The minimum Gasteiger partial charge on any atom is -0.361 e. The first-order valence-electron chi connectivity index (χ1n) is 4.33. The fourth-order valence-electron chi connectivity index (χ4n) is 1.53. The van der Waals surface area contributed by atoms with Crippen molar-refractivity contribution in [2.24, 2.45) is 0 Å². The molecule has 0 spiro atoms. The second-order valence-corrected chi connectivity index (χ2v) is 3.21. The van der Waals surface area contributed by atoms with Crippen LogP contribution < -0.4 is 0 Å². The average Bonchev–Trinajstić information content (AvgIpc) is 2.62. The number of rotatable bonds is 1. The molecule has 1 aromatic heterocycles. The molecule has 0 aliphatic rings. The minimum absolute atomic E-state index is 0.463. The van der Waals surface area contributed by atoms with Gasteiger partial charge in [-0.25, -0.2) is 0 Å². The number of nitrogens with one attached hydrogen (secondary N) is 1. The van der Waals surface area contributed by atoms with Crippen LogP contribution in [0.3, 0.4) is 0 Å². The molecule has 1 heterocycles. The van der Waals surface area contributed by atoms with Gasteiger partial charge < -0.3 is 4.98 Å². The van der Waals surface area contributed by atoms with E-state index in [0.717, 1.165) is 12.1 Å². The zero-order chi connectivity index (χ0) is 11.1. The lowest BCUT2D eigenvalue weighted by molar-refractivity contribution is -0.137. The Hall–Kier alpha value is -1.71. The van der Waals surface area contributed by atoms with Crippen LogP contribution in [0.4, 0.5) is 13.2 Å². The second-order valence-electron chi connectivity index (χ2n) is 3.21. The summed E-state index contributed by atoms with van der Waals surface area (Å²) in [6.07, 6.45) is -1.30. The van der Waals surface area contributed by atoms with Crippen molar-refractivity contribution < 1.29 is 13.2 Å². The quantitative estimate of drug-likeness (QED) is 0.737. The van der Waals surface area contributed by atoms with Gasteiger partial charge in [0.1, 0.15) is 0 Å². The lowest BCUT2D eigenvalue weighted by Crippen LogP contribution is -2.04. The Morgan fingerprint density at radius 1 is 1.27 bits per heavy atom. The molecule has 0 aliphatic heterocycles. The van der Waals surface area contributed by atoms with E-state index < -0.39 is 11.7 Å². The number of aromatic nitrogens is 1. The van der Waals surface area contributed by atoms with Crippen molar-refractivity contribution in [2.75, 3.05) is 0 Å². The van der Waals surface area contributed by atoms with Crippen molar-refractivity contribution in [1.82, 2.24) is 4.98 Å². The third-order valence-corrected chi connectivity index (χ3v) is 2.24. The Morgan fingerprint density at radius 3 is 2.60 bits per heavy atom. The highest BCUT2D eigenvalue weighted by Crippen LogP contribution is 2.33. The number of fused-ring (bicyclic) bond motifs is 1. The van der Waals surface area contributed by atoms with Crippen LogP contribution in [0.15, 0.2) is 31.0 Å². The third-order valence-electron chi connectivity index (χ3n) is 2.24. The standard InChI is InChI=1S/C11H8F3N/c1-2-7-5-9(11(12,13)14)6-8-3-4-15-10(7)8/h2-6,15H,1H2. The minimum atomic E-state index is -4.32. The van der Waals surface area contributed by atoms with Crippen molar-refractivity contribution in [3.63, 3.8) is 0 Å². The molecule has 2 rings (SSSR count). The lowest BCUT2D eigenvalue weighted by atomic mass is 10.1. The van der Waals surface area contributed by atoms with E-state index in [1.165, 1.54) is 6.08 Å². The Morgan fingerprint density at radius 2 is 2.00 bits per heavy atom. The molecular formula is C11H8F3N. The maximum absolute atomic E-state index is 12.5. The van der Waals surface area contributed by atoms with Gasteiger partial charge in [0, 0.05) is 11.6 Å². The second kappa shape index (κ2) is 3.15. The molecule has 0 amide bonds. The first-order chi connectivity index (χ1) is 7.02. The normalized spacial score (nSPS) is 11.9. The van der Waals surface area contributed by atoms with Crippen molar-refractivity contribution in [1.29, 1.82) is 0 Å². The molecule has 1 nitrogen and oxygen atoms in total. The van der Waals surface area contributed by atoms with Gasteiger partial charge in [0.25, 0.3) is 0 Å². The molecular weight excluding hydrogens is 203 g/mol. The zero-order valence-electron chi connectivity index (χ0n) is 7.73. The Bertz CT molecular complexity index is 508. The predicted molar refractivity (Wildman–Crippen MR) is 53.4 cm³/mol. The highest BCUT2D eigenvalue weighted by molar-refractivity contribution is 5.88. The van der Waals surface area contributed by atoms with Crippen molar-refractivity contribution in [3.05, 3.63) is 42.1 Å².